The molecule has 50 valence electrons. The molecule has 2 nitrogen and oxygen atoms in total. The average Bonchev–Trinajstić information content (AvgIpc) is 2.46. The van der Waals surface area contributed by atoms with Gasteiger partial charge < -0.3 is 4.74 Å². The summed E-state index contributed by atoms with van der Waals surface area (Å²) in [4.78, 5) is 0. The van der Waals surface area contributed by atoms with Crippen LogP contribution in [0.1, 0.15) is 12.8 Å². The molecule has 1 saturated carbocycles. The molecule has 2 aliphatic rings. The maximum atomic E-state index is 12.9. The number of rotatable bonds is 1. The highest BCUT2D eigenvalue weighted by Gasteiger charge is 2.51. The predicted molar refractivity (Wildman–Crippen MR) is 34.1 cm³/mol. The Kier molecular flexibility index (Phi) is 0.997. The summed E-state index contributed by atoms with van der Waals surface area (Å²) in [5.74, 6) is 0.800. The van der Waals surface area contributed by atoms with Crippen LogP contribution in [-0.2, 0) is 4.74 Å². The first kappa shape index (κ1) is 5.53. The molecule has 0 aromatic heterocycles. The minimum atomic E-state index is -1.16. The molecule has 0 radical (unpaired) electrons. The van der Waals surface area contributed by atoms with E-state index in [1.165, 1.54) is 11.9 Å². The standard InChI is InChI=1S/C5H6FNOS/c6-5(1-2-5)4-7-9-3-8-4/h1-3H2. The van der Waals surface area contributed by atoms with Gasteiger partial charge in [0.25, 0.3) is 0 Å². The van der Waals surface area contributed by atoms with Gasteiger partial charge in [-0.1, -0.05) is 0 Å². The molecule has 1 heterocycles. The second kappa shape index (κ2) is 1.62. The number of ether oxygens (including phenoxy) is 1. The van der Waals surface area contributed by atoms with Crippen molar-refractivity contribution in [1.82, 2.24) is 0 Å². The van der Waals surface area contributed by atoms with E-state index in [-0.39, 0.29) is 0 Å². The van der Waals surface area contributed by atoms with E-state index in [2.05, 4.69) is 4.40 Å². The monoisotopic (exact) mass is 147 g/mol. The summed E-state index contributed by atoms with van der Waals surface area (Å²) in [6, 6.07) is 0. The van der Waals surface area contributed by atoms with Crippen molar-refractivity contribution >= 4 is 17.8 Å². The van der Waals surface area contributed by atoms with Crippen LogP contribution < -0.4 is 0 Å². The van der Waals surface area contributed by atoms with Crippen molar-refractivity contribution in [3.8, 4) is 0 Å². The maximum Gasteiger partial charge on any atom is 0.234 e. The molecule has 0 aromatic carbocycles. The van der Waals surface area contributed by atoms with Gasteiger partial charge >= 0.3 is 0 Å². The normalized spacial score (nSPS) is 29.2. The van der Waals surface area contributed by atoms with E-state index in [0.717, 1.165) is 0 Å². The lowest BCUT2D eigenvalue weighted by atomic mass is 10.4. The molecular weight excluding hydrogens is 141 g/mol. The maximum absolute atomic E-state index is 12.9. The van der Waals surface area contributed by atoms with Gasteiger partial charge in [-0.15, -0.1) is 0 Å². The van der Waals surface area contributed by atoms with E-state index in [0.29, 0.717) is 24.7 Å². The summed E-state index contributed by atoms with van der Waals surface area (Å²) in [7, 11) is 0. The number of nitrogens with zero attached hydrogens (tertiary/aromatic N) is 1. The summed E-state index contributed by atoms with van der Waals surface area (Å²) in [6.07, 6.45) is 1.18. The summed E-state index contributed by atoms with van der Waals surface area (Å²) in [6.45, 7) is 0. The van der Waals surface area contributed by atoms with Crippen molar-refractivity contribution in [3.63, 3.8) is 0 Å². The van der Waals surface area contributed by atoms with Gasteiger partial charge in [-0.2, -0.15) is 4.40 Å². The van der Waals surface area contributed by atoms with Crippen molar-refractivity contribution in [2.24, 2.45) is 4.40 Å². The van der Waals surface area contributed by atoms with Gasteiger partial charge in [0.05, 0.1) is 0 Å². The Morgan fingerprint density at radius 2 is 2.44 bits per heavy atom. The Bertz CT molecular complexity index is 166. The van der Waals surface area contributed by atoms with Crippen LogP contribution in [0.2, 0.25) is 0 Å². The molecule has 0 aromatic rings. The van der Waals surface area contributed by atoms with Crippen molar-refractivity contribution in [3.05, 3.63) is 0 Å². The van der Waals surface area contributed by atoms with Crippen molar-refractivity contribution in [1.29, 1.82) is 0 Å². The molecule has 0 spiro atoms. The van der Waals surface area contributed by atoms with Crippen LogP contribution in [0.5, 0.6) is 0 Å². The number of alkyl halides is 1. The number of hydrogen-bond donors (Lipinski definition) is 0. The fraction of sp³-hybridized carbons (Fsp3) is 0.800. The first-order valence-corrected chi connectivity index (χ1v) is 3.78. The minimum Gasteiger partial charge on any atom is -0.465 e. The largest absolute Gasteiger partial charge is 0.465 e. The van der Waals surface area contributed by atoms with E-state index >= 15 is 0 Å². The Morgan fingerprint density at radius 1 is 1.67 bits per heavy atom. The molecule has 0 saturated heterocycles. The zero-order valence-electron chi connectivity index (χ0n) is 4.76. The zero-order valence-corrected chi connectivity index (χ0v) is 5.58. The third-order valence-electron chi connectivity index (χ3n) is 1.47. The molecule has 4 heteroatoms. The molecule has 0 amide bonds. The number of halogens is 1. The predicted octanol–water partition coefficient (Wildman–Crippen LogP) is 1.52. The Hall–Kier alpha value is -0.250. The summed E-state index contributed by atoms with van der Waals surface area (Å²) in [5.41, 5.74) is -1.16. The molecule has 0 atom stereocenters. The lowest BCUT2D eigenvalue weighted by Gasteiger charge is -2.01. The van der Waals surface area contributed by atoms with Gasteiger partial charge in [0.15, 0.2) is 11.6 Å². The van der Waals surface area contributed by atoms with E-state index in [4.69, 9.17) is 4.74 Å². The molecule has 1 aliphatic heterocycles. The van der Waals surface area contributed by atoms with Gasteiger partial charge in [0, 0.05) is 11.9 Å². The van der Waals surface area contributed by atoms with E-state index < -0.39 is 5.67 Å². The van der Waals surface area contributed by atoms with Gasteiger partial charge in [-0.25, -0.2) is 4.39 Å². The van der Waals surface area contributed by atoms with Gasteiger partial charge in [-0.05, 0) is 12.8 Å². The third kappa shape index (κ3) is 0.813. The van der Waals surface area contributed by atoms with Crippen molar-refractivity contribution in [2.75, 3.05) is 5.94 Å². The topological polar surface area (TPSA) is 21.6 Å². The van der Waals surface area contributed by atoms with Gasteiger partial charge in [0.1, 0.15) is 0 Å². The third-order valence-corrected chi connectivity index (χ3v) is 1.99. The average molecular weight is 147 g/mol. The second-order valence-corrected chi connectivity index (χ2v) is 2.93. The molecule has 0 unspecified atom stereocenters. The van der Waals surface area contributed by atoms with E-state index in [9.17, 15) is 4.39 Å². The Labute approximate surface area is 56.6 Å². The molecular formula is C5H6FNOS. The van der Waals surface area contributed by atoms with Crippen LogP contribution in [0.25, 0.3) is 0 Å². The first-order valence-electron chi connectivity index (χ1n) is 2.83. The highest BCUT2D eigenvalue weighted by molar-refractivity contribution is 7.98. The molecule has 2 rings (SSSR count). The molecule has 1 fully saturated rings. The summed E-state index contributed by atoms with van der Waals surface area (Å²) < 4.78 is 21.7. The smallest absolute Gasteiger partial charge is 0.234 e. The van der Waals surface area contributed by atoms with Gasteiger partial charge in [0.2, 0.25) is 5.90 Å². The Morgan fingerprint density at radius 3 is 2.89 bits per heavy atom. The molecule has 0 bridgehead atoms. The van der Waals surface area contributed by atoms with E-state index in [1.54, 1.807) is 0 Å². The molecule has 0 N–H and O–H groups in total. The molecule has 9 heavy (non-hydrogen) atoms. The number of hydrogen-bond acceptors (Lipinski definition) is 3. The summed E-state index contributed by atoms with van der Waals surface area (Å²) >= 11 is 1.27. The Balaban J connectivity index is 2.12. The fourth-order valence-electron chi connectivity index (χ4n) is 0.728. The SMILES string of the molecule is FC1(C2=NSCO2)CC1. The van der Waals surface area contributed by atoms with Crippen LogP contribution in [0.15, 0.2) is 4.40 Å². The van der Waals surface area contributed by atoms with Crippen LogP contribution in [0.3, 0.4) is 0 Å². The second-order valence-electron chi connectivity index (χ2n) is 2.25. The van der Waals surface area contributed by atoms with Crippen LogP contribution >= 0.6 is 11.9 Å². The highest BCUT2D eigenvalue weighted by Crippen LogP contribution is 2.43. The van der Waals surface area contributed by atoms with Crippen LogP contribution in [-0.4, -0.2) is 17.5 Å². The zero-order chi connectivity index (χ0) is 6.32. The fourth-order valence-corrected chi connectivity index (χ4v) is 1.28. The molecule has 1 aliphatic carbocycles. The van der Waals surface area contributed by atoms with E-state index in [1.807, 2.05) is 0 Å². The quantitative estimate of drug-likeness (QED) is 0.524. The van der Waals surface area contributed by atoms with Crippen molar-refractivity contribution in [2.45, 2.75) is 18.5 Å². The highest BCUT2D eigenvalue weighted by atomic mass is 32.2. The van der Waals surface area contributed by atoms with Crippen LogP contribution in [0, 0.1) is 0 Å². The lowest BCUT2D eigenvalue weighted by Crippen LogP contribution is -2.16. The van der Waals surface area contributed by atoms with Gasteiger partial charge in [-0.3, -0.25) is 0 Å². The van der Waals surface area contributed by atoms with Crippen LogP contribution in [0.4, 0.5) is 4.39 Å². The summed E-state index contributed by atoms with van der Waals surface area (Å²) in [5, 5.41) is 0. The minimum absolute atomic E-state index is 0.313. The van der Waals surface area contributed by atoms with Crippen molar-refractivity contribution < 1.29 is 9.13 Å². The lowest BCUT2D eigenvalue weighted by molar-refractivity contribution is 0.299. The first-order chi connectivity index (χ1) is 4.31.